The lowest BCUT2D eigenvalue weighted by molar-refractivity contribution is 0.0690. The van der Waals surface area contributed by atoms with Gasteiger partial charge < -0.3 is 5.11 Å². The number of hydrogen-bond acceptors (Lipinski definition) is 3. The molecule has 0 saturated carbocycles. The highest BCUT2D eigenvalue weighted by Crippen LogP contribution is 2.21. The van der Waals surface area contributed by atoms with Crippen molar-refractivity contribution in [3.8, 4) is 0 Å². The van der Waals surface area contributed by atoms with Crippen LogP contribution >= 0.6 is 11.3 Å². The summed E-state index contributed by atoms with van der Waals surface area (Å²) in [6, 6.07) is 6.42. The summed E-state index contributed by atoms with van der Waals surface area (Å²) < 4.78 is 13.4. The topological polar surface area (TPSA) is 50.2 Å². The van der Waals surface area contributed by atoms with E-state index in [1.54, 1.807) is 25.1 Å². The van der Waals surface area contributed by atoms with Gasteiger partial charge in [-0.15, -0.1) is 11.3 Å². The summed E-state index contributed by atoms with van der Waals surface area (Å²) in [5.41, 5.74) is 0.583. The van der Waals surface area contributed by atoms with Crippen molar-refractivity contribution in [3.05, 3.63) is 51.2 Å². The van der Waals surface area contributed by atoms with Gasteiger partial charge in [0.1, 0.15) is 5.82 Å². The molecular formula is C12H10FNO2S. The highest BCUT2D eigenvalue weighted by atomic mass is 32.1. The fourth-order valence-corrected chi connectivity index (χ4v) is 2.48. The molecule has 1 aromatic heterocycles. The normalized spacial score (nSPS) is 10.5. The number of hydrogen-bond donors (Lipinski definition) is 1. The van der Waals surface area contributed by atoms with Crippen LogP contribution in [-0.2, 0) is 6.42 Å². The average Bonchev–Trinajstić information content (AvgIpc) is 2.63. The molecule has 0 bridgehead atoms. The summed E-state index contributed by atoms with van der Waals surface area (Å²) in [7, 11) is 0. The summed E-state index contributed by atoms with van der Waals surface area (Å²) in [6.45, 7) is 1.70. The summed E-state index contributed by atoms with van der Waals surface area (Å²) in [5.74, 6) is -1.34. The number of nitrogens with zero attached hydrogens (tertiary/aromatic N) is 1. The molecule has 2 aromatic rings. The zero-order valence-corrected chi connectivity index (χ0v) is 9.92. The lowest BCUT2D eigenvalue weighted by Crippen LogP contribution is -1.99. The van der Waals surface area contributed by atoms with Crippen molar-refractivity contribution in [2.75, 3.05) is 0 Å². The monoisotopic (exact) mass is 251 g/mol. The maximum Gasteiger partial charge on any atom is 0.355 e. The van der Waals surface area contributed by atoms with E-state index in [1.165, 1.54) is 17.4 Å². The zero-order valence-electron chi connectivity index (χ0n) is 9.11. The molecule has 0 aliphatic rings. The largest absolute Gasteiger partial charge is 0.476 e. The molecule has 1 aromatic carbocycles. The first-order valence-electron chi connectivity index (χ1n) is 5.01. The third kappa shape index (κ3) is 2.50. The number of aryl methyl sites for hydroxylation is 1. The molecule has 3 nitrogen and oxygen atoms in total. The molecule has 1 heterocycles. The fourth-order valence-electron chi connectivity index (χ4n) is 1.53. The fraction of sp³-hybridized carbons (Fsp3) is 0.167. The number of thiazole rings is 1. The standard InChI is InChI=1S/C12H10FNO2S/c1-7-11(12(15)16)14-10(17-7)6-8-4-2-3-5-9(8)13/h2-5H,6H2,1H3,(H,15,16). The van der Waals surface area contributed by atoms with Gasteiger partial charge in [-0.2, -0.15) is 0 Å². The predicted octanol–water partition coefficient (Wildman–Crippen LogP) is 2.88. The second kappa shape index (κ2) is 4.63. The molecule has 88 valence electrons. The number of carboxylic acid groups (broad SMARTS) is 1. The zero-order chi connectivity index (χ0) is 12.4. The molecule has 5 heteroatoms. The maximum absolute atomic E-state index is 13.4. The van der Waals surface area contributed by atoms with Gasteiger partial charge in [0.2, 0.25) is 0 Å². The van der Waals surface area contributed by atoms with E-state index in [1.807, 2.05) is 0 Å². The molecule has 0 radical (unpaired) electrons. The molecule has 0 unspecified atom stereocenters. The lowest BCUT2D eigenvalue weighted by Gasteiger charge is -1.98. The summed E-state index contributed by atoms with van der Waals surface area (Å²) >= 11 is 1.29. The third-order valence-electron chi connectivity index (χ3n) is 2.34. The van der Waals surface area contributed by atoms with Gasteiger partial charge in [0.05, 0.1) is 5.01 Å². The Balaban J connectivity index is 2.28. The number of benzene rings is 1. The predicted molar refractivity (Wildman–Crippen MR) is 63.0 cm³/mol. The van der Waals surface area contributed by atoms with Gasteiger partial charge in [0, 0.05) is 11.3 Å². The number of carbonyl (C=O) groups is 1. The van der Waals surface area contributed by atoms with Crippen LogP contribution < -0.4 is 0 Å². The Morgan fingerprint density at radius 3 is 2.76 bits per heavy atom. The van der Waals surface area contributed by atoms with Crippen molar-refractivity contribution in [1.29, 1.82) is 0 Å². The van der Waals surface area contributed by atoms with Crippen LogP contribution in [0.25, 0.3) is 0 Å². The molecule has 2 rings (SSSR count). The Labute approximate surface area is 102 Å². The first-order chi connectivity index (χ1) is 8.08. The van der Waals surface area contributed by atoms with E-state index in [2.05, 4.69) is 4.98 Å². The van der Waals surface area contributed by atoms with Crippen LogP contribution in [0.4, 0.5) is 4.39 Å². The van der Waals surface area contributed by atoms with Crippen LogP contribution in [0.1, 0.15) is 25.9 Å². The molecule has 0 spiro atoms. The SMILES string of the molecule is Cc1sc(Cc2ccccc2F)nc1C(=O)O. The maximum atomic E-state index is 13.4. The molecule has 0 saturated heterocycles. The second-order valence-electron chi connectivity index (χ2n) is 3.59. The molecule has 0 fully saturated rings. The molecule has 0 atom stereocenters. The van der Waals surface area contributed by atoms with Crippen LogP contribution in [0.15, 0.2) is 24.3 Å². The summed E-state index contributed by atoms with van der Waals surface area (Å²) in [6.07, 6.45) is 0.325. The van der Waals surface area contributed by atoms with Crippen LogP contribution in [-0.4, -0.2) is 16.1 Å². The van der Waals surface area contributed by atoms with Crippen LogP contribution in [0.2, 0.25) is 0 Å². The Bertz CT molecular complexity index is 565. The Hall–Kier alpha value is -1.75. The minimum absolute atomic E-state index is 0.0568. The highest BCUT2D eigenvalue weighted by Gasteiger charge is 2.14. The molecular weight excluding hydrogens is 241 g/mol. The molecule has 0 aliphatic heterocycles. The van der Waals surface area contributed by atoms with E-state index in [4.69, 9.17) is 5.11 Å². The second-order valence-corrected chi connectivity index (χ2v) is 4.87. The van der Waals surface area contributed by atoms with Crippen LogP contribution in [0.5, 0.6) is 0 Å². The number of rotatable bonds is 3. The lowest BCUT2D eigenvalue weighted by atomic mass is 10.1. The number of aromatic carboxylic acids is 1. The first-order valence-corrected chi connectivity index (χ1v) is 5.82. The van der Waals surface area contributed by atoms with Gasteiger partial charge in [-0.05, 0) is 18.6 Å². The number of carboxylic acids is 1. The van der Waals surface area contributed by atoms with Gasteiger partial charge >= 0.3 is 5.97 Å². The van der Waals surface area contributed by atoms with E-state index in [9.17, 15) is 9.18 Å². The van der Waals surface area contributed by atoms with Gasteiger partial charge in [-0.25, -0.2) is 14.2 Å². The van der Waals surface area contributed by atoms with Crippen molar-refractivity contribution in [2.45, 2.75) is 13.3 Å². The Morgan fingerprint density at radius 2 is 2.18 bits per heavy atom. The van der Waals surface area contributed by atoms with E-state index in [0.717, 1.165) is 0 Å². The van der Waals surface area contributed by atoms with Crippen molar-refractivity contribution in [2.24, 2.45) is 0 Å². The van der Waals surface area contributed by atoms with Gasteiger partial charge in [-0.3, -0.25) is 0 Å². The number of aromatic nitrogens is 1. The molecule has 17 heavy (non-hydrogen) atoms. The molecule has 0 amide bonds. The quantitative estimate of drug-likeness (QED) is 0.912. The van der Waals surface area contributed by atoms with Crippen LogP contribution in [0.3, 0.4) is 0 Å². The highest BCUT2D eigenvalue weighted by molar-refractivity contribution is 7.11. The van der Waals surface area contributed by atoms with Crippen LogP contribution in [0, 0.1) is 12.7 Å². The molecule has 1 N–H and O–H groups in total. The van der Waals surface area contributed by atoms with Gasteiger partial charge in [0.15, 0.2) is 5.69 Å². The Morgan fingerprint density at radius 1 is 1.47 bits per heavy atom. The minimum Gasteiger partial charge on any atom is -0.476 e. The summed E-state index contributed by atoms with van der Waals surface area (Å²) in [4.78, 5) is 15.5. The van der Waals surface area contributed by atoms with Crippen molar-refractivity contribution >= 4 is 17.3 Å². The minimum atomic E-state index is -1.04. The first kappa shape index (κ1) is 11.7. The average molecular weight is 251 g/mol. The smallest absolute Gasteiger partial charge is 0.355 e. The van der Waals surface area contributed by atoms with E-state index >= 15 is 0 Å². The van der Waals surface area contributed by atoms with E-state index in [0.29, 0.717) is 21.9 Å². The third-order valence-corrected chi connectivity index (χ3v) is 3.31. The van der Waals surface area contributed by atoms with Crippen molar-refractivity contribution in [3.63, 3.8) is 0 Å². The van der Waals surface area contributed by atoms with E-state index in [-0.39, 0.29) is 11.5 Å². The van der Waals surface area contributed by atoms with Gasteiger partial charge in [0.25, 0.3) is 0 Å². The van der Waals surface area contributed by atoms with Crippen molar-refractivity contribution in [1.82, 2.24) is 4.98 Å². The van der Waals surface area contributed by atoms with Gasteiger partial charge in [-0.1, -0.05) is 18.2 Å². The molecule has 0 aliphatic carbocycles. The van der Waals surface area contributed by atoms with Crippen molar-refractivity contribution < 1.29 is 14.3 Å². The number of halogens is 1. The Kier molecular flexibility index (Phi) is 3.19. The summed E-state index contributed by atoms with van der Waals surface area (Å²) in [5, 5.41) is 9.49. The van der Waals surface area contributed by atoms with E-state index < -0.39 is 5.97 Å².